The topological polar surface area (TPSA) is 71.5 Å². The lowest BCUT2D eigenvalue weighted by atomic mass is 9.90. The van der Waals surface area contributed by atoms with Gasteiger partial charge in [0.25, 0.3) is 6.43 Å². The first-order chi connectivity index (χ1) is 8.84. The first-order valence-electron chi connectivity index (χ1n) is 5.63. The Bertz CT molecular complexity index is 424. The van der Waals surface area contributed by atoms with E-state index in [1.54, 1.807) is 19.2 Å². The zero-order chi connectivity index (χ0) is 14.5. The van der Waals surface area contributed by atoms with Crippen LogP contribution in [0.25, 0.3) is 0 Å². The second kappa shape index (κ2) is 6.76. The van der Waals surface area contributed by atoms with E-state index in [2.05, 4.69) is 10.3 Å². The van der Waals surface area contributed by atoms with Gasteiger partial charge in [-0.15, -0.1) is 11.3 Å². The van der Waals surface area contributed by atoms with Gasteiger partial charge >= 0.3 is 5.97 Å². The third-order valence-electron chi connectivity index (χ3n) is 2.45. The van der Waals surface area contributed by atoms with Crippen LogP contribution in [0, 0.1) is 0 Å². The number of ether oxygens (including phenoxy) is 1. The molecule has 0 radical (unpaired) electrons. The molecule has 1 aromatic heterocycles. The van der Waals surface area contributed by atoms with Gasteiger partial charge in [0.15, 0.2) is 5.13 Å². The molecule has 0 aliphatic carbocycles. The van der Waals surface area contributed by atoms with Crippen molar-refractivity contribution in [3.05, 3.63) is 11.1 Å². The van der Waals surface area contributed by atoms with E-state index in [9.17, 15) is 13.6 Å². The number of carbonyl (C=O) groups is 1. The lowest BCUT2D eigenvalue weighted by molar-refractivity contribution is -0.142. The lowest BCUT2D eigenvalue weighted by Crippen LogP contribution is -2.28. The van der Waals surface area contributed by atoms with Crippen LogP contribution in [0.2, 0.25) is 0 Å². The van der Waals surface area contributed by atoms with Crippen molar-refractivity contribution in [3.8, 4) is 0 Å². The molecule has 0 fully saturated rings. The Hall–Kier alpha value is -1.28. The van der Waals surface area contributed by atoms with Crippen molar-refractivity contribution in [2.45, 2.75) is 25.7 Å². The van der Waals surface area contributed by atoms with E-state index >= 15 is 0 Å². The Morgan fingerprint density at radius 3 is 2.89 bits per heavy atom. The fraction of sp³-hybridized carbons (Fsp3) is 0.636. The van der Waals surface area contributed by atoms with Crippen LogP contribution in [-0.4, -0.2) is 42.2 Å². The molecule has 0 amide bonds. The Labute approximate surface area is 113 Å². The first-order valence-corrected chi connectivity index (χ1v) is 6.51. The number of nitrogens with zero attached hydrogens (tertiary/aromatic N) is 1. The summed E-state index contributed by atoms with van der Waals surface area (Å²) in [7, 11) is 0. The van der Waals surface area contributed by atoms with Crippen LogP contribution < -0.4 is 5.32 Å². The fourth-order valence-corrected chi connectivity index (χ4v) is 2.06. The smallest absolute Gasteiger partial charge is 0.315 e. The number of halogens is 2. The standard InChI is InChI=1S/C11H16F2N2O3S/c1-11(2,9(16)17)7-6-19-10(15-7)14-3-4-18-5-8(12)13/h6,8H,3-5H2,1-2H3,(H,14,15)(H,16,17). The van der Waals surface area contributed by atoms with Crippen molar-refractivity contribution in [2.75, 3.05) is 25.1 Å². The predicted octanol–water partition coefficient (Wildman–Crippen LogP) is 2.20. The summed E-state index contributed by atoms with van der Waals surface area (Å²) in [5, 5.41) is 14.2. The first kappa shape index (κ1) is 15.8. The minimum absolute atomic E-state index is 0.140. The lowest BCUT2D eigenvalue weighted by Gasteiger charge is -2.15. The van der Waals surface area contributed by atoms with Gasteiger partial charge in [-0.25, -0.2) is 13.8 Å². The van der Waals surface area contributed by atoms with Gasteiger partial charge in [0.05, 0.1) is 12.3 Å². The number of anilines is 1. The summed E-state index contributed by atoms with van der Waals surface area (Å²) in [6, 6.07) is 0. The van der Waals surface area contributed by atoms with Crippen molar-refractivity contribution in [3.63, 3.8) is 0 Å². The summed E-state index contributed by atoms with van der Waals surface area (Å²) in [6.07, 6.45) is -2.47. The minimum atomic E-state index is -2.47. The third-order valence-corrected chi connectivity index (χ3v) is 3.25. The largest absolute Gasteiger partial charge is 0.481 e. The Morgan fingerprint density at radius 2 is 2.32 bits per heavy atom. The van der Waals surface area contributed by atoms with Crippen LogP contribution in [0.4, 0.5) is 13.9 Å². The molecule has 5 nitrogen and oxygen atoms in total. The number of carboxylic acids is 1. The number of aromatic nitrogens is 1. The van der Waals surface area contributed by atoms with E-state index in [-0.39, 0.29) is 6.61 Å². The van der Waals surface area contributed by atoms with E-state index in [4.69, 9.17) is 9.84 Å². The SMILES string of the molecule is CC(C)(C(=O)O)c1csc(NCCOCC(F)F)n1. The van der Waals surface area contributed by atoms with Crippen LogP contribution in [0.15, 0.2) is 5.38 Å². The van der Waals surface area contributed by atoms with Crippen LogP contribution in [0.1, 0.15) is 19.5 Å². The summed E-state index contributed by atoms with van der Waals surface area (Å²) >= 11 is 1.27. The van der Waals surface area contributed by atoms with Gasteiger partial charge in [0.2, 0.25) is 0 Å². The van der Waals surface area contributed by atoms with Gasteiger partial charge in [-0.1, -0.05) is 0 Å². The Morgan fingerprint density at radius 1 is 1.63 bits per heavy atom. The maximum Gasteiger partial charge on any atom is 0.315 e. The van der Waals surface area contributed by atoms with Crippen molar-refractivity contribution in [2.24, 2.45) is 0 Å². The Balaban J connectivity index is 2.41. The number of carboxylic acid groups (broad SMARTS) is 1. The molecule has 0 saturated heterocycles. The van der Waals surface area contributed by atoms with Crippen molar-refractivity contribution >= 4 is 22.4 Å². The molecule has 0 aliphatic rings. The molecular weight excluding hydrogens is 278 g/mol. The highest BCUT2D eigenvalue weighted by Gasteiger charge is 2.32. The van der Waals surface area contributed by atoms with E-state index in [0.717, 1.165) is 0 Å². The molecular formula is C11H16F2N2O3S. The quantitative estimate of drug-likeness (QED) is 0.719. The van der Waals surface area contributed by atoms with Gasteiger partial charge in [0.1, 0.15) is 12.0 Å². The maximum atomic E-state index is 11.8. The normalized spacial score (nSPS) is 11.8. The molecule has 0 spiro atoms. The molecule has 0 aromatic carbocycles. The second-order valence-electron chi connectivity index (χ2n) is 4.36. The molecule has 8 heteroatoms. The van der Waals surface area contributed by atoms with E-state index in [1.807, 2.05) is 0 Å². The summed E-state index contributed by atoms with van der Waals surface area (Å²) in [6.45, 7) is 3.03. The van der Waals surface area contributed by atoms with E-state index in [0.29, 0.717) is 17.4 Å². The average molecular weight is 294 g/mol. The number of rotatable bonds is 8. The molecule has 19 heavy (non-hydrogen) atoms. The fourth-order valence-electron chi connectivity index (χ4n) is 1.15. The highest BCUT2D eigenvalue weighted by molar-refractivity contribution is 7.13. The van der Waals surface area contributed by atoms with Crippen molar-refractivity contribution in [1.82, 2.24) is 4.98 Å². The molecule has 108 valence electrons. The summed E-state index contributed by atoms with van der Waals surface area (Å²) < 4.78 is 28.3. The van der Waals surface area contributed by atoms with Gasteiger partial charge < -0.3 is 15.2 Å². The highest BCUT2D eigenvalue weighted by atomic mass is 32.1. The molecule has 0 atom stereocenters. The van der Waals surface area contributed by atoms with Crippen LogP contribution in [0.3, 0.4) is 0 Å². The zero-order valence-corrected chi connectivity index (χ0v) is 11.5. The minimum Gasteiger partial charge on any atom is -0.481 e. The molecule has 2 N–H and O–H groups in total. The van der Waals surface area contributed by atoms with Crippen molar-refractivity contribution < 1.29 is 23.4 Å². The summed E-state index contributed by atoms with van der Waals surface area (Å²) in [4.78, 5) is 15.2. The molecule has 0 aliphatic heterocycles. The number of alkyl halides is 2. The van der Waals surface area contributed by atoms with E-state index < -0.39 is 24.4 Å². The number of nitrogens with one attached hydrogen (secondary N) is 1. The van der Waals surface area contributed by atoms with Crippen LogP contribution >= 0.6 is 11.3 Å². The number of aliphatic carboxylic acids is 1. The summed E-state index contributed by atoms with van der Waals surface area (Å²) in [5.41, 5.74) is -0.594. The van der Waals surface area contributed by atoms with Gasteiger partial charge in [0, 0.05) is 11.9 Å². The average Bonchev–Trinajstić information content (AvgIpc) is 2.77. The highest BCUT2D eigenvalue weighted by Crippen LogP contribution is 2.27. The van der Waals surface area contributed by atoms with Crippen LogP contribution in [0.5, 0.6) is 0 Å². The predicted molar refractivity (Wildman–Crippen MR) is 68.1 cm³/mol. The van der Waals surface area contributed by atoms with E-state index in [1.165, 1.54) is 11.3 Å². The monoisotopic (exact) mass is 294 g/mol. The molecule has 0 bridgehead atoms. The maximum absolute atomic E-state index is 11.8. The van der Waals surface area contributed by atoms with Gasteiger partial charge in [-0.3, -0.25) is 4.79 Å². The molecule has 1 heterocycles. The van der Waals surface area contributed by atoms with Gasteiger partial charge in [-0.05, 0) is 13.8 Å². The van der Waals surface area contributed by atoms with Gasteiger partial charge in [-0.2, -0.15) is 0 Å². The number of hydrogen-bond donors (Lipinski definition) is 2. The third kappa shape index (κ3) is 4.71. The molecule has 0 unspecified atom stereocenters. The second-order valence-corrected chi connectivity index (χ2v) is 5.22. The van der Waals surface area contributed by atoms with Crippen LogP contribution in [-0.2, 0) is 14.9 Å². The summed E-state index contributed by atoms with van der Waals surface area (Å²) in [5.74, 6) is -0.954. The zero-order valence-electron chi connectivity index (χ0n) is 10.7. The molecule has 1 rings (SSSR count). The molecule has 0 saturated carbocycles. The number of hydrogen-bond acceptors (Lipinski definition) is 5. The van der Waals surface area contributed by atoms with Crippen molar-refractivity contribution in [1.29, 1.82) is 0 Å². The molecule has 1 aromatic rings. The Kier molecular flexibility index (Phi) is 5.61. The number of thiazole rings is 1.